The molecule has 0 spiro atoms. The minimum absolute atomic E-state index is 0.0156. The number of rotatable bonds is 4. The van der Waals surface area contributed by atoms with Gasteiger partial charge in [0.05, 0.1) is 23.9 Å². The van der Waals surface area contributed by atoms with Crippen molar-refractivity contribution in [1.82, 2.24) is 0 Å². The molecule has 7 nitrogen and oxygen atoms in total. The van der Waals surface area contributed by atoms with Crippen molar-refractivity contribution in [2.24, 2.45) is 39.4 Å². The Balaban J connectivity index is 1.79. The molecule has 4 aliphatic carbocycles. The van der Waals surface area contributed by atoms with Crippen LogP contribution in [0.4, 0.5) is 0 Å². The first-order chi connectivity index (χ1) is 16.7. The summed E-state index contributed by atoms with van der Waals surface area (Å²) in [4.78, 5) is 27.4. The first-order valence-electron chi connectivity index (χ1n) is 13.6. The number of aliphatic hydroxyl groups is 5. The van der Waals surface area contributed by atoms with Crippen LogP contribution in [0.25, 0.3) is 0 Å². The Hall–Kier alpha value is -1.38. The quantitative estimate of drug-likeness (QED) is 0.285. The Morgan fingerprint density at radius 2 is 1.59 bits per heavy atom. The van der Waals surface area contributed by atoms with Gasteiger partial charge in [0.25, 0.3) is 0 Å². The van der Waals surface area contributed by atoms with Gasteiger partial charge < -0.3 is 25.5 Å². The van der Waals surface area contributed by atoms with Crippen molar-refractivity contribution in [1.29, 1.82) is 0 Å². The zero-order valence-corrected chi connectivity index (χ0v) is 23.6. The van der Waals surface area contributed by atoms with Gasteiger partial charge in [-0.2, -0.15) is 0 Å². The molecule has 3 fully saturated rings. The van der Waals surface area contributed by atoms with Crippen LogP contribution >= 0.6 is 0 Å². The monoisotopic (exact) mass is 518 g/mol. The van der Waals surface area contributed by atoms with Crippen molar-refractivity contribution >= 4 is 11.6 Å². The minimum Gasteiger partial charge on any atom is -0.393 e. The Bertz CT molecular complexity index is 1050. The third-order valence-electron chi connectivity index (χ3n) is 11.4. The van der Waals surface area contributed by atoms with E-state index in [1.54, 1.807) is 0 Å². The molecular weight excluding hydrogens is 472 g/mol. The molecule has 0 aliphatic heterocycles. The van der Waals surface area contributed by atoms with E-state index in [-0.39, 0.29) is 24.0 Å². The highest BCUT2D eigenvalue weighted by Gasteiger charge is 2.74. The van der Waals surface area contributed by atoms with E-state index in [1.807, 2.05) is 27.7 Å². The number of carbonyl (C=O) groups excluding carboxylic acids is 2. The van der Waals surface area contributed by atoms with Crippen LogP contribution in [0.1, 0.15) is 81.1 Å². The largest absolute Gasteiger partial charge is 0.393 e. The van der Waals surface area contributed by atoms with Gasteiger partial charge in [0.15, 0.2) is 5.78 Å². The Kier molecular flexibility index (Phi) is 6.43. The molecule has 0 aromatic heterocycles. The molecule has 0 unspecified atom stereocenters. The summed E-state index contributed by atoms with van der Waals surface area (Å²) in [6, 6.07) is 0. The number of hydrogen-bond acceptors (Lipinski definition) is 7. The topological polar surface area (TPSA) is 135 Å². The maximum Gasteiger partial charge on any atom is 0.187 e. The molecule has 0 aromatic rings. The van der Waals surface area contributed by atoms with Crippen LogP contribution in [0, 0.1) is 39.4 Å². The van der Waals surface area contributed by atoms with Crippen LogP contribution in [-0.4, -0.2) is 66.6 Å². The number of aliphatic hydroxyl groups excluding tert-OH is 3. The minimum atomic E-state index is -1.94. The molecule has 37 heavy (non-hydrogen) atoms. The lowest BCUT2D eigenvalue weighted by Gasteiger charge is -2.65. The van der Waals surface area contributed by atoms with Crippen LogP contribution in [0.5, 0.6) is 0 Å². The maximum atomic E-state index is 14.2. The van der Waals surface area contributed by atoms with Crippen LogP contribution in [-0.2, 0) is 9.59 Å². The molecule has 7 heteroatoms. The predicted molar refractivity (Wildman–Crippen MR) is 139 cm³/mol. The summed E-state index contributed by atoms with van der Waals surface area (Å²) in [5.74, 6) is -1.88. The lowest BCUT2D eigenvalue weighted by atomic mass is 9.38. The van der Waals surface area contributed by atoms with Crippen molar-refractivity contribution in [2.45, 2.75) is 111 Å². The van der Waals surface area contributed by atoms with E-state index in [0.717, 1.165) is 5.57 Å². The summed E-state index contributed by atoms with van der Waals surface area (Å²) in [6.07, 6.45) is 3.10. The van der Waals surface area contributed by atoms with Gasteiger partial charge in [-0.3, -0.25) is 9.59 Å². The van der Waals surface area contributed by atoms with Crippen molar-refractivity contribution in [3.8, 4) is 0 Å². The summed E-state index contributed by atoms with van der Waals surface area (Å²) in [7, 11) is 0. The van der Waals surface area contributed by atoms with Crippen LogP contribution in [0.3, 0.4) is 0 Å². The second-order valence-electron chi connectivity index (χ2n) is 14.4. The number of ketones is 2. The van der Waals surface area contributed by atoms with Gasteiger partial charge in [-0.05, 0) is 68.8 Å². The van der Waals surface area contributed by atoms with Gasteiger partial charge in [0.2, 0.25) is 0 Å². The number of allylic oxidation sites excluding steroid dienone is 1. The molecule has 208 valence electrons. The summed E-state index contributed by atoms with van der Waals surface area (Å²) in [6.45, 7) is 14.3. The average Bonchev–Trinajstić information content (AvgIpc) is 2.96. The molecule has 4 aliphatic rings. The van der Waals surface area contributed by atoms with E-state index in [1.165, 1.54) is 32.9 Å². The molecule has 0 heterocycles. The molecule has 0 amide bonds. The van der Waals surface area contributed by atoms with E-state index in [2.05, 4.69) is 13.0 Å². The van der Waals surface area contributed by atoms with Crippen molar-refractivity contribution in [3.63, 3.8) is 0 Å². The SMILES string of the molecule is CC(C)(O)C=CC(=O)[C@](C)(O)[C@H]1[C@H](O)C[C@@]2(C)[C@@H]3CC=C4[C@@H](C[C@@H](O)[C@@H](O)C4(C)C)[C@]3(C)C(=O)C[C@]12C. The average molecular weight is 519 g/mol. The predicted octanol–water partition coefficient (Wildman–Crippen LogP) is 2.72. The van der Waals surface area contributed by atoms with E-state index in [0.29, 0.717) is 19.3 Å². The third-order valence-corrected chi connectivity index (χ3v) is 11.4. The van der Waals surface area contributed by atoms with Gasteiger partial charge in [-0.1, -0.05) is 52.3 Å². The fourth-order valence-corrected chi connectivity index (χ4v) is 9.15. The smallest absolute Gasteiger partial charge is 0.187 e. The molecule has 4 rings (SSSR count). The maximum absolute atomic E-state index is 14.2. The highest BCUT2D eigenvalue weighted by Crippen LogP contribution is 2.74. The third kappa shape index (κ3) is 3.79. The molecular formula is C30H46O7. The second kappa shape index (κ2) is 8.31. The normalized spacial score (nSPS) is 47.1. The van der Waals surface area contributed by atoms with E-state index in [4.69, 9.17) is 0 Å². The highest BCUT2D eigenvalue weighted by atomic mass is 16.3. The van der Waals surface area contributed by atoms with Crippen LogP contribution in [0.2, 0.25) is 0 Å². The fraction of sp³-hybridized carbons (Fsp3) is 0.800. The van der Waals surface area contributed by atoms with Crippen molar-refractivity contribution in [2.75, 3.05) is 0 Å². The second-order valence-corrected chi connectivity index (χ2v) is 14.4. The highest BCUT2D eigenvalue weighted by molar-refractivity contribution is 5.97. The molecule has 10 atom stereocenters. The fourth-order valence-electron chi connectivity index (χ4n) is 9.15. The van der Waals surface area contributed by atoms with Gasteiger partial charge in [0.1, 0.15) is 11.4 Å². The van der Waals surface area contributed by atoms with Gasteiger partial charge in [-0.25, -0.2) is 0 Å². The van der Waals surface area contributed by atoms with Gasteiger partial charge in [0, 0.05) is 23.2 Å². The van der Waals surface area contributed by atoms with Crippen molar-refractivity contribution in [3.05, 3.63) is 23.8 Å². The molecule has 0 bridgehead atoms. The van der Waals surface area contributed by atoms with Gasteiger partial charge >= 0.3 is 0 Å². The Morgan fingerprint density at radius 1 is 1.00 bits per heavy atom. The summed E-state index contributed by atoms with van der Waals surface area (Å²) >= 11 is 0. The number of hydrogen-bond donors (Lipinski definition) is 5. The first-order valence-corrected chi connectivity index (χ1v) is 13.6. The summed E-state index contributed by atoms with van der Waals surface area (Å²) in [5, 5.41) is 54.6. The van der Waals surface area contributed by atoms with Crippen LogP contribution in [0.15, 0.2) is 23.8 Å². The lowest BCUT2D eigenvalue weighted by Crippen LogP contribution is -2.65. The lowest BCUT2D eigenvalue weighted by molar-refractivity contribution is -0.186. The number of fused-ring (bicyclic) bond motifs is 5. The van der Waals surface area contributed by atoms with Crippen molar-refractivity contribution < 1.29 is 35.1 Å². The zero-order chi connectivity index (χ0) is 28.1. The number of Topliss-reactive ketones (excluding diaryl/α,β-unsaturated/α-hetero) is 1. The standard InChI is InChI=1S/C30H46O7/c1-25(2,36)12-11-21(33)30(8,37)23-19(32)14-27(5)20-10-9-16-17(13-18(31)24(35)26(16,3)4)29(20,7)22(34)15-28(23,27)6/h9,11-12,17-20,23-24,31-32,35-37H,10,13-15H2,1-8H3/t17-,18-,19-,20+,23+,24-,27+,28-,29+,30+/m1/s1. The summed E-state index contributed by atoms with van der Waals surface area (Å²) < 4.78 is 0. The van der Waals surface area contributed by atoms with E-state index in [9.17, 15) is 35.1 Å². The molecule has 3 saturated carbocycles. The van der Waals surface area contributed by atoms with Gasteiger partial charge in [-0.15, -0.1) is 0 Å². The Morgan fingerprint density at radius 3 is 2.16 bits per heavy atom. The molecule has 0 radical (unpaired) electrons. The van der Waals surface area contributed by atoms with E-state index < -0.39 is 62.9 Å². The first kappa shape index (κ1) is 28.6. The van der Waals surface area contributed by atoms with E-state index >= 15 is 0 Å². The molecule has 0 aromatic carbocycles. The van der Waals surface area contributed by atoms with Crippen LogP contribution < -0.4 is 0 Å². The molecule has 5 N–H and O–H groups in total. The number of carbonyl (C=O) groups is 2. The zero-order valence-electron chi connectivity index (χ0n) is 23.6. The Labute approximate surface area is 220 Å². The summed E-state index contributed by atoms with van der Waals surface area (Å²) in [5.41, 5.74) is -5.07. The molecule has 0 saturated heterocycles.